The summed E-state index contributed by atoms with van der Waals surface area (Å²) in [5.74, 6) is -1.78. The van der Waals surface area contributed by atoms with E-state index in [4.69, 9.17) is 13.9 Å². The number of furan rings is 1. The molecular weight excluding hydrogens is 356 g/mol. The second-order valence-electron chi connectivity index (χ2n) is 5.40. The summed E-state index contributed by atoms with van der Waals surface area (Å²) in [6.45, 7) is 0.817. The minimum Gasteiger partial charge on any atom is -0.496 e. The fourth-order valence-electron chi connectivity index (χ4n) is 2.12. The minimum absolute atomic E-state index is 0.0183. The van der Waals surface area contributed by atoms with Crippen LogP contribution in [0.1, 0.15) is 33.4 Å². The zero-order valence-corrected chi connectivity index (χ0v) is 14.7. The van der Waals surface area contributed by atoms with Crippen molar-refractivity contribution in [1.82, 2.24) is 10.9 Å². The Morgan fingerprint density at radius 2 is 1.89 bits per heavy atom. The number of methoxy groups -OCH3 is 1. The lowest BCUT2D eigenvalue weighted by atomic mass is 10.0. The van der Waals surface area contributed by atoms with Gasteiger partial charge in [0.2, 0.25) is 0 Å². The Morgan fingerprint density at radius 1 is 1.11 bits per heavy atom. The van der Waals surface area contributed by atoms with Crippen molar-refractivity contribution in [3.63, 3.8) is 0 Å². The third kappa shape index (κ3) is 5.70. The SMILES string of the molecule is COc1ccc(C(C)=O)cc1CC(=O)OCC(=O)NNC(=O)c1ccco1. The number of ketones is 1. The molecule has 0 radical (unpaired) electrons. The fourth-order valence-corrected chi connectivity index (χ4v) is 2.12. The van der Waals surface area contributed by atoms with Gasteiger partial charge in [-0.15, -0.1) is 0 Å². The van der Waals surface area contributed by atoms with Gasteiger partial charge in [-0.3, -0.25) is 30.0 Å². The number of Topliss-reactive ketones (excluding diaryl/α,β-unsaturated/α-hetero) is 1. The molecule has 0 spiro atoms. The van der Waals surface area contributed by atoms with Gasteiger partial charge in [-0.1, -0.05) is 0 Å². The lowest BCUT2D eigenvalue weighted by molar-refractivity contribution is -0.148. The van der Waals surface area contributed by atoms with Gasteiger partial charge in [0.15, 0.2) is 18.2 Å². The van der Waals surface area contributed by atoms with Gasteiger partial charge in [-0.2, -0.15) is 0 Å². The Morgan fingerprint density at radius 3 is 2.52 bits per heavy atom. The van der Waals surface area contributed by atoms with Crippen LogP contribution in [0.3, 0.4) is 0 Å². The standard InChI is InChI=1S/C18H18N2O7/c1-11(21)12-5-6-14(25-2)13(8-12)9-17(23)27-10-16(22)19-20-18(24)15-4-3-7-26-15/h3-8H,9-10H2,1-2H3,(H,19,22)(H,20,24). The predicted octanol–water partition coefficient (Wildman–Crippen LogP) is 1.04. The molecule has 1 aromatic carbocycles. The van der Waals surface area contributed by atoms with Crippen LogP contribution < -0.4 is 15.6 Å². The van der Waals surface area contributed by atoms with Gasteiger partial charge in [0, 0.05) is 11.1 Å². The number of carbonyl (C=O) groups excluding carboxylic acids is 4. The summed E-state index contributed by atoms with van der Waals surface area (Å²) in [6, 6.07) is 7.64. The predicted molar refractivity (Wildman–Crippen MR) is 92.0 cm³/mol. The van der Waals surface area contributed by atoms with Crippen molar-refractivity contribution in [2.24, 2.45) is 0 Å². The normalized spacial score (nSPS) is 10.0. The molecule has 0 aliphatic heterocycles. The van der Waals surface area contributed by atoms with E-state index in [9.17, 15) is 19.2 Å². The first kappa shape index (κ1) is 19.7. The van der Waals surface area contributed by atoms with Crippen molar-refractivity contribution in [2.45, 2.75) is 13.3 Å². The lowest BCUT2D eigenvalue weighted by Crippen LogP contribution is -2.43. The van der Waals surface area contributed by atoms with E-state index in [1.165, 1.54) is 38.5 Å². The van der Waals surface area contributed by atoms with Crippen molar-refractivity contribution in [2.75, 3.05) is 13.7 Å². The second-order valence-corrected chi connectivity index (χ2v) is 5.40. The van der Waals surface area contributed by atoms with Crippen LogP contribution in [-0.2, 0) is 20.7 Å². The molecule has 2 rings (SSSR count). The molecule has 0 saturated carbocycles. The van der Waals surface area contributed by atoms with E-state index in [0.717, 1.165) is 0 Å². The van der Waals surface area contributed by atoms with Crippen molar-refractivity contribution in [3.8, 4) is 5.75 Å². The number of ether oxygens (including phenoxy) is 2. The average Bonchev–Trinajstić information content (AvgIpc) is 3.19. The highest BCUT2D eigenvalue weighted by molar-refractivity contribution is 5.95. The van der Waals surface area contributed by atoms with E-state index >= 15 is 0 Å². The first-order valence-corrected chi connectivity index (χ1v) is 7.87. The Hall–Kier alpha value is -3.62. The molecule has 1 aromatic heterocycles. The first-order chi connectivity index (χ1) is 12.9. The van der Waals surface area contributed by atoms with E-state index in [2.05, 4.69) is 10.9 Å². The number of carbonyl (C=O) groups is 4. The second kappa shape index (κ2) is 9.18. The molecule has 9 heteroatoms. The molecule has 1 heterocycles. The van der Waals surface area contributed by atoms with E-state index < -0.39 is 24.4 Å². The molecule has 2 N–H and O–H groups in total. The van der Waals surface area contributed by atoms with Crippen molar-refractivity contribution < 1.29 is 33.1 Å². The lowest BCUT2D eigenvalue weighted by Gasteiger charge is -2.10. The quantitative estimate of drug-likeness (QED) is 0.421. The van der Waals surface area contributed by atoms with Crippen LogP contribution in [0, 0.1) is 0 Å². The Labute approximate surface area is 154 Å². The number of hydrogen-bond acceptors (Lipinski definition) is 7. The third-order valence-corrected chi connectivity index (χ3v) is 3.45. The van der Waals surface area contributed by atoms with Gasteiger partial charge >= 0.3 is 11.9 Å². The summed E-state index contributed by atoms with van der Waals surface area (Å²) in [7, 11) is 1.44. The average molecular weight is 374 g/mol. The highest BCUT2D eigenvalue weighted by atomic mass is 16.5. The van der Waals surface area contributed by atoms with E-state index in [1.807, 2.05) is 0 Å². The molecule has 9 nitrogen and oxygen atoms in total. The highest BCUT2D eigenvalue weighted by Gasteiger charge is 2.15. The number of rotatable bonds is 7. The maximum absolute atomic E-state index is 11.9. The maximum Gasteiger partial charge on any atom is 0.310 e. The summed E-state index contributed by atoms with van der Waals surface area (Å²) in [6.07, 6.45) is 1.13. The van der Waals surface area contributed by atoms with Crippen LogP contribution in [0.2, 0.25) is 0 Å². The molecule has 0 atom stereocenters. The molecule has 0 aliphatic carbocycles. The van der Waals surface area contributed by atoms with Crippen LogP contribution in [0.5, 0.6) is 5.75 Å². The smallest absolute Gasteiger partial charge is 0.310 e. The Kier molecular flexibility index (Phi) is 6.70. The number of hydrazine groups is 1. The van der Waals surface area contributed by atoms with Crippen LogP contribution >= 0.6 is 0 Å². The zero-order valence-electron chi connectivity index (χ0n) is 14.7. The van der Waals surface area contributed by atoms with Gasteiger partial charge in [-0.05, 0) is 37.3 Å². The van der Waals surface area contributed by atoms with Gasteiger partial charge < -0.3 is 13.9 Å². The molecule has 0 aliphatic rings. The summed E-state index contributed by atoms with van der Waals surface area (Å²) in [5, 5.41) is 0. The van der Waals surface area contributed by atoms with Gasteiger partial charge in [0.05, 0.1) is 19.8 Å². The van der Waals surface area contributed by atoms with Crippen molar-refractivity contribution >= 4 is 23.6 Å². The van der Waals surface area contributed by atoms with Crippen LogP contribution in [0.15, 0.2) is 41.0 Å². The van der Waals surface area contributed by atoms with Crippen LogP contribution in [0.4, 0.5) is 0 Å². The zero-order chi connectivity index (χ0) is 19.8. The molecule has 27 heavy (non-hydrogen) atoms. The summed E-state index contributed by atoms with van der Waals surface area (Å²) in [5.41, 5.74) is 5.09. The van der Waals surface area contributed by atoms with E-state index in [0.29, 0.717) is 16.9 Å². The number of hydrogen-bond donors (Lipinski definition) is 2. The topological polar surface area (TPSA) is 124 Å². The van der Waals surface area contributed by atoms with Crippen molar-refractivity contribution in [3.05, 3.63) is 53.5 Å². The molecule has 0 unspecified atom stereocenters. The van der Waals surface area contributed by atoms with Gasteiger partial charge in [-0.25, -0.2) is 0 Å². The highest BCUT2D eigenvalue weighted by Crippen LogP contribution is 2.21. The summed E-state index contributed by atoms with van der Waals surface area (Å²) >= 11 is 0. The number of benzene rings is 1. The van der Waals surface area contributed by atoms with E-state index in [1.54, 1.807) is 12.1 Å². The summed E-state index contributed by atoms with van der Waals surface area (Å²) < 4.78 is 14.9. The number of esters is 1. The molecule has 0 bridgehead atoms. The Bertz CT molecular complexity index is 843. The molecular formula is C18H18N2O7. The minimum atomic E-state index is -0.729. The van der Waals surface area contributed by atoms with Crippen LogP contribution in [0.25, 0.3) is 0 Å². The van der Waals surface area contributed by atoms with E-state index in [-0.39, 0.29) is 18.0 Å². The maximum atomic E-state index is 11.9. The fraction of sp³-hybridized carbons (Fsp3) is 0.222. The molecule has 0 saturated heterocycles. The monoisotopic (exact) mass is 374 g/mol. The van der Waals surface area contributed by atoms with Gasteiger partial charge in [0.1, 0.15) is 5.75 Å². The van der Waals surface area contributed by atoms with Gasteiger partial charge in [0.25, 0.3) is 5.91 Å². The van der Waals surface area contributed by atoms with Crippen LogP contribution in [-0.4, -0.2) is 37.3 Å². The summed E-state index contributed by atoms with van der Waals surface area (Å²) in [4.78, 5) is 46.6. The molecule has 142 valence electrons. The number of nitrogens with one attached hydrogen (secondary N) is 2. The molecule has 2 amide bonds. The number of amides is 2. The largest absolute Gasteiger partial charge is 0.496 e. The Balaban J connectivity index is 1.83. The van der Waals surface area contributed by atoms with Crippen molar-refractivity contribution in [1.29, 1.82) is 0 Å². The molecule has 2 aromatic rings. The molecule has 0 fully saturated rings. The first-order valence-electron chi connectivity index (χ1n) is 7.87. The third-order valence-electron chi connectivity index (χ3n) is 3.45.